The Morgan fingerprint density at radius 3 is 1.37 bits per heavy atom. The third-order valence-electron chi connectivity index (χ3n) is 3.62. The van der Waals surface area contributed by atoms with E-state index in [1.807, 2.05) is 56.4 Å². The Hall–Kier alpha value is -3.49. The summed E-state index contributed by atoms with van der Waals surface area (Å²) in [7, 11) is 14.5. The van der Waals surface area contributed by atoms with Crippen LogP contribution in [0.1, 0.15) is 32.1 Å². The minimum absolute atomic E-state index is 0.182. The minimum atomic E-state index is -1.25. The molecule has 1 aromatic rings. The predicted molar refractivity (Wildman–Crippen MR) is 118 cm³/mol. The van der Waals surface area contributed by atoms with Crippen LogP contribution < -0.4 is 0 Å². The van der Waals surface area contributed by atoms with Gasteiger partial charge in [0.05, 0.1) is 33.7 Å². The number of aromatic carboxylic acids is 2. The van der Waals surface area contributed by atoms with E-state index in [1.54, 1.807) is 43.8 Å². The molecule has 0 bridgehead atoms. The molecule has 9 heteroatoms. The van der Waals surface area contributed by atoms with Gasteiger partial charge in [0.25, 0.3) is 0 Å². The molecule has 0 radical (unpaired) electrons. The molecule has 0 spiro atoms. The third-order valence-corrected chi connectivity index (χ3v) is 3.62. The van der Waals surface area contributed by atoms with Crippen molar-refractivity contribution >= 4 is 35.5 Å². The zero-order chi connectivity index (χ0) is 23.2. The second kappa shape index (κ2) is 10.3. The van der Waals surface area contributed by atoms with Gasteiger partial charge in [-0.3, -0.25) is 0 Å². The molecule has 0 atom stereocenters. The summed E-state index contributed by atoms with van der Waals surface area (Å²) in [5.74, 6) is -2.50. The van der Waals surface area contributed by atoms with Crippen molar-refractivity contribution in [2.75, 3.05) is 56.4 Å². The van der Waals surface area contributed by atoms with E-state index in [-0.39, 0.29) is 22.5 Å². The summed E-state index contributed by atoms with van der Waals surface area (Å²) >= 11 is 0. The Bertz CT molecular complexity index is 875. The first-order chi connectivity index (χ1) is 13.8. The summed E-state index contributed by atoms with van der Waals surface area (Å²) in [5, 5.41) is 19.5. The van der Waals surface area contributed by atoms with Crippen molar-refractivity contribution in [2.45, 2.75) is 0 Å². The van der Waals surface area contributed by atoms with Gasteiger partial charge < -0.3 is 20.0 Å². The van der Waals surface area contributed by atoms with Crippen molar-refractivity contribution in [2.24, 2.45) is 0 Å². The fourth-order valence-corrected chi connectivity index (χ4v) is 2.70. The van der Waals surface area contributed by atoms with Crippen molar-refractivity contribution in [3.8, 4) is 0 Å². The smallest absolute Gasteiger partial charge is 0.337 e. The highest BCUT2D eigenvalue weighted by atomic mass is 16.4. The molecule has 0 aliphatic heterocycles. The molecular weight excluding hydrogens is 386 g/mol. The molecule has 0 aromatic carbocycles. The number of carbonyl (C=O) groups is 2. The highest BCUT2D eigenvalue weighted by Crippen LogP contribution is 2.24. The molecular formula is C21H31N5O4+2. The van der Waals surface area contributed by atoms with E-state index in [0.717, 1.165) is 0 Å². The number of hydrogen-bond acceptors (Lipinski definition) is 5. The van der Waals surface area contributed by atoms with E-state index < -0.39 is 11.9 Å². The van der Waals surface area contributed by atoms with E-state index in [0.29, 0.717) is 11.1 Å². The molecule has 0 saturated carbocycles. The van der Waals surface area contributed by atoms with E-state index in [1.165, 1.54) is 6.07 Å². The van der Waals surface area contributed by atoms with E-state index in [4.69, 9.17) is 0 Å². The van der Waals surface area contributed by atoms with Gasteiger partial charge in [-0.25, -0.2) is 23.7 Å². The second-order valence-corrected chi connectivity index (χ2v) is 7.67. The van der Waals surface area contributed by atoms with E-state index >= 15 is 0 Å². The van der Waals surface area contributed by atoms with Crippen molar-refractivity contribution in [3.63, 3.8) is 0 Å². The maximum Gasteiger partial charge on any atom is 0.337 e. The van der Waals surface area contributed by atoms with Gasteiger partial charge in [0.1, 0.15) is 28.2 Å². The maximum absolute atomic E-state index is 12.0. The number of pyridine rings is 1. The second-order valence-electron chi connectivity index (χ2n) is 7.67. The van der Waals surface area contributed by atoms with Crippen molar-refractivity contribution in [3.05, 3.63) is 41.0 Å². The Labute approximate surface area is 177 Å². The number of hydrogen-bond donors (Lipinski definition) is 2. The maximum atomic E-state index is 12.0. The zero-order valence-electron chi connectivity index (χ0n) is 18.8. The average Bonchev–Trinajstić information content (AvgIpc) is 2.57. The highest BCUT2D eigenvalue weighted by Gasteiger charge is 2.25. The van der Waals surface area contributed by atoms with Crippen LogP contribution in [0.15, 0.2) is 18.5 Å². The first-order valence-electron chi connectivity index (χ1n) is 9.15. The van der Waals surface area contributed by atoms with Gasteiger partial charge in [-0.05, 0) is 6.07 Å². The van der Waals surface area contributed by atoms with Gasteiger partial charge in [-0.2, -0.15) is 0 Å². The van der Waals surface area contributed by atoms with Crippen LogP contribution in [-0.4, -0.2) is 115 Å². The molecule has 9 nitrogen and oxygen atoms in total. The molecule has 0 saturated heterocycles. The number of allylic oxidation sites excluding steroid dienone is 2. The lowest BCUT2D eigenvalue weighted by molar-refractivity contribution is -0.458. The van der Waals surface area contributed by atoms with E-state index in [2.05, 4.69) is 4.98 Å². The molecule has 1 heterocycles. The fourth-order valence-electron chi connectivity index (χ4n) is 2.70. The van der Waals surface area contributed by atoms with Crippen LogP contribution in [0.5, 0.6) is 0 Å². The molecule has 0 fully saturated rings. The van der Waals surface area contributed by atoms with Crippen LogP contribution in [-0.2, 0) is 0 Å². The standard InChI is InChI=1S/C21H29N5O4/c1-23(2)10-14(11-24(3)4)18-16(20(27)28)9-17(21(29)30)19(22-18)15(12-25(5)6)13-26(7)8/h9-13H,1-8H3/p+2. The number of nitrogens with zero attached hydrogens (tertiary/aromatic N) is 5. The van der Waals surface area contributed by atoms with Crippen molar-refractivity contribution < 1.29 is 29.0 Å². The summed E-state index contributed by atoms with van der Waals surface area (Å²) in [6.07, 6.45) is 6.96. The summed E-state index contributed by atoms with van der Waals surface area (Å²) in [4.78, 5) is 32.0. The Morgan fingerprint density at radius 1 is 0.800 bits per heavy atom. The Kier molecular flexibility index (Phi) is 8.46. The Morgan fingerprint density at radius 2 is 1.13 bits per heavy atom. The summed E-state index contributed by atoms with van der Waals surface area (Å²) in [5.41, 5.74) is 1.07. The van der Waals surface area contributed by atoms with Gasteiger partial charge >= 0.3 is 11.9 Å². The molecule has 162 valence electrons. The van der Waals surface area contributed by atoms with Gasteiger partial charge in [0, 0.05) is 40.6 Å². The van der Waals surface area contributed by atoms with Crippen LogP contribution in [0.2, 0.25) is 0 Å². The van der Waals surface area contributed by atoms with Gasteiger partial charge in [0.2, 0.25) is 0 Å². The molecule has 0 unspecified atom stereocenters. The summed E-state index contributed by atoms with van der Waals surface area (Å²) < 4.78 is 3.55. The quantitative estimate of drug-likeness (QED) is 0.480. The minimum Gasteiger partial charge on any atom is -0.478 e. The van der Waals surface area contributed by atoms with Crippen molar-refractivity contribution in [1.82, 2.24) is 14.8 Å². The SMILES string of the molecule is CN(C)C=C(C=[N+](C)C)c1nc(C(=CN(C)C)C=[N+](C)C)c(C(=O)O)cc1C(=O)O. The van der Waals surface area contributed by atoms with Gasteiger partial charge in [0.15, 0.2) is 12.4 Å². The normalized spacial score (nSPS) is 11.6. The third kappa shape index (κ3) is 6.84. The molecule has 0 aliphatic carbocycles. The van der Waals surface area contributed by atoms with Crippen LogP contribution in [0, 0.1) is 0 Å². The summed E-state index contributed by atoms with van der Waals surface area (Å²) in [6.45, 7) is 0. The fraction of sp³-hybridized carbons (Fsp3) is 0.381. The van der Waals surface area contributed by atoms with Gasteiger partial charge in [-0.15, -0.1) is 0 Å². The lowest BCUT2D eigenvalue weighted by Crippen LogP contribution is -2.17. The zero-order valence-corrected chi connectivity index (χ0v) is 18.8. The molecule has 30 heavy (non-hydrogen) atoms. The molecule has 1 aromatic heterocycles. The van der Waals surface area contributed by atoms with Crippen LogP contribution in [0.3, 0.4) is 0 Å². The number of rotatable bonds is 8. The Balaban J connectivity index is 4.11. The van der Waals surface area contributed by atoms with Crippen LogP contribution in [0.25, 0.3) is 11.1 Å². The molecule has 0 amide bonds. The first-order valence-corrected chi connectivity index (χ1v) is 9.15. The molecule has 0 aliphatic rings. The van der Waals surface area contributed by atoms with Crippen LogP contribution >= 0.6 is 0 Å². The lowest BCUT2D eigenvalue weighted by Gasteiger charge is -2.14. The number of aromatic nitrogens is 1. The summed E-state index contributed by atoms with van der Waals surface area (Å²) in [6, 6.07) is 1.17. The predicted octanol–water partition coefficient (Wildman–Crippen LogP) is 0.969. The topological polar surface area (TPSA) is 100.0 Å². The monoisotopic (exact) mass is 417 g/mol. The highest BCUT2D eigenvalue weighted by molar-refractivity contribution is 6.14. The number of carboxylic acids is 2. The molecule has 2 N–H and O–H groups in total. The molecule has 1 rings (SSSR count). The largest absolute Gasteiger partial charge is 0.478 e. The number of carboxylic acid groups (broad SMARTS) is 2. The van der Waals surface area contributed by atoms with E-state index in [9.17, 15) is 19.8 Å². The van der Waals surface area contributed by atoms with Crippen LogP contribution in [0.4, 0.5) is 0 Å². The lowest BCUT2D eigenvalue weighted by atomic mass is 9.99. The first kappa shape index (κ1) is 24.5. The van der Waals surface area contributed by atoms with Gasteiger partial charge in [-0.1, -0.05) is 0 Å². The van der Waals surface area contributed by atoms with Crippen molar-refractivity contribution in [1.29, 1.82) is 0 Å². The average molecular weight is 418 g/mol.